The molecule has 0 N–H and O–H groups in total. The average Bonchev–Trinajstić information content (AvgIpc) is 1.00. The molecule has 0 rings (SSSR count). The van der Waals surface area contributed by atoms with E-state index in [-0.39, 0.29) is 107 Å². The van der Waals surface area contributed by atoms with Crippen molar-refractivity contribution in [2.75, 3.05) is 0 Å². The van der Waals surface area contributed by atoms with E-state index in [9.17, 15) is 0 Å². The van der Waals surface area contributed by atoms with Crippen LogP contribution in [0.15, 0.2) is 0 Å². The summed E-state index contributed by atoms with van der Waals surface area (Å²) in [6.07, 6.45) is 0. The molecule has 0 bridgehead atoms. The Morgan fingerprint density at radius 3 is 1.25 bits per heavy atom. The first-order chi connectivity index (χ1) is 1.00. The molecule has 4 heteroatoms. The Morgan fingerprint density at radius 2 is 1.25 bits per heavy atom. The summed E-state index contributed by atoms with van der Waals surface area (Å²) in [6.45, 7) is 0. The third kappa shape index (κ3) is 9.05. The molecular formula is CeOPrZr. The van der Waals surface area contributed by atoms with Crippen molar-refractivity contribution < 1.29 is 108 Å². The van der Waals surface area contributed by atoms with Gasteiger partial charge in [-0.2, -0.15) is 0 Å². The molecule has 4 heavy (non-hydrogen) atoms. The second kappa shape index (κ2) is 16.1. The molecule has 0 radical (unpaired) electrons. The van der Waals surface area contributed by atoms with Crippen LogP contribution in [0.2, 0.25) is 0 Å². The van der Waals surface area contributed by atoms with Crippen LogP contribution in [0.25, 0.3) is 0 Å². The van der Waals surface area contributed by atoms with Gasteiger partial charge in [-0.1, -0.05) is 0 Å². The van der Waals surface area contributed by atoms with E-state index in [0.717, 1.165) is 0 Å². The molecule has 1 nitrogen and oxygen atoms in total. The number of rotatable bonds is 0. The first-order valence-corrected chi connectivity index (χ1v) is 1.75. The molecule has 0 aromatic rings. The first-order valence-electron chi connectivity index (χ1n) is 0.236. The third-order valence-corrected chi connectivity index (χ3v) is 0. The van der Waals surface area contributed by atoms with Crippen molar-refractivity contribution in [1.29, 1.82) is 0 Å². The van der Waals surface area contributed by atoms with Crippen molar-refractivity contribution in [3.63, 3.8) is 0 Å². The van der Waals surface area contributed by atoms with Crippen molar-refractivity contribution >= 4 is 0 Å². The molecule has 0 aliphatic rings. The molecule has 0 fully saturated rings. The fraction of sp³-hybridized carbons (Fsp3) is 0. The summed E-state index contributed by atoms with van der Waals surface area (Å²) in [5, 5.41) is 0. The molecule has 0 aliphatic heterocycles. The second-order valence-corrected chi connectivity index (χ2v) is 0. The van der Waals surface area contributed by atoms with Gasteiger partial charge in [0.1, 0.15) is 0 Å². The molecule has 0 heterocycles. The van der Waals surface area contributed by atoms with Crippen LogP contribution in [0.3, 0.4) is 0 Å². The quantitative estimate of drug-likeness (QED) is 0.566. The van der Waals surface area contributed by atoms with Crippen LogP contribution < -0.4 is 0 Å². The Labute approximate surface area is 105 Å². The second-order valence-electron chi connectivity index (χ2n) is 0. The maximum atomic E-state index is 8.42. The van der Waals surface area contributed by atoms with E-state index >= 15 is 0 Å². The van der Waals surface area contributed by atoms with Crippen molar-refractivity contribution in [3.05, 3.63) is 0 Å². The minimum atomic E-state index is -0.0833. The normalized spacial score (nSPS) is 1.50. The van der Waals surface area contributed by atoms with Crippen molar-refractivity contribution in [2.45, 2.75) is 0 Å². The Morgan fingerprint density at radius 1 is 1.25 bits per heavy atom. The monoisotopic (exact) mass is 387 g/mol. The van der Waals surface area contributed by atoms with Crippen molar-refractivity contribution in [2.24, 2.45) is 0 Å². The summed E-state index contributed by atoms with van der Waals surface area (Å²) in [6, 6.07) is 0. The Bertz CT molecular complexity index is 8.00. The van der Waals surface area contributed by atoms with E-state index < -0.39 is 0 Å². The van der Waals surface area contributed by atoms with Crippen LogP contribution in [-0.2, 0) is 27.2 Å². The maximum Gasteiger partial charge on any atom is 0 e. The van der Waals surface area contributed by atoms with Crippen molar-refractivity contribution in [3.8, 4) is 0 Å². The Balaban J connectivity index is -0.00000000500. The zero-order chi connectivity index (χ0) is 2.00. The minimum absolute atomic E-state index is 0. The molecule has 0 unspecified atom stereocenters. The van der Waals surface area contributed by atoms with E-state index in [1.165, 1.54) is 0 Å². The maximum absolute atomic E-state index is 8.42. The van der Waals surface area contributed by atoms with Gasteiger partial charge in [0.05, 0.1) is 0 Å². The zero-order valence-electron chi connectivity index (χ0n) is 1.99. The minimum Gasteiger partial charge on any atom is 0 e. The van der Waals surface area contributed by atoms with Gasteiger partial charge in [-0.05, 0) is 0 Å². The van der Waals surface area contributed by atoms with Gasteiger partial charge < -0.3 is 0 Å². The molecule has 0 aromatic heterocycles. The summed E-state index contributed by atoms with van der Waals surface area (Å²) in [5.74, 6) is 0. The summed E-state index contributed by atoms with van der Waals surface area (Å²) in [4.78, 5) is 0. The van der Waals surface area contributed by atoms with Gasteiger partial charge in [0, 0.05) is 68.0 Å². The smallest absolute Gasteiger partial charge is 0 e. The molecule has 0 aliphatic carbocycles. The third-order valence-electron chi connectivity index (χ3n) is 0. The largest absolute Gasteiger partial charge is 0 e. The molecule has 0 amide bonds. The standard InChI is InChI=1S/Ce.O.Pr.Zr. The van der Waals surface area contributed by atoms with Crippen LogP contribution in [0.5, 0.6) is 0 Å². The van der Waals surface area contributed by atoms with Gasteiger partial charge in [0.25, 0.3) is 0 Å². The summed E-state index contributed by atoms with van der Waals surface area (Å²) < 4.78 is 8.42. The number of hydrogen-bond acceptors (Lipinski definition) is 1. The van der Waals surface area contributed by atoms with Gasteiger partial charge in [-0.15, -0.1) is 0 Å². The van der Waals surface area contributed by atoms with Crippen LogP contribution in [0, 0.1) is 81.1 Å². The van der Waals surface area contributed by atoms with Crippen LogP contribution in [0.1, 0.15) is 0 Å². The van der Waals surface area contributed by atoms with Crippen molar-refractivity contribution in [1.82, 2.24) is 0 Å². The average molecular weight is 388 g/mol. The zero-order valence-corrected chi connectivity index (χ0v) is 11.3. The van der Waals surface area contributed by atoms with Crippen LogP contribution in [0.4, 0.5) is 0 Å². The van der Waals surface area contributed by atoms with Gasteiger partial charge in [-0.25, -0.2) is 0 Å². The van der Waals surface area contributed by atoms with Crippen LogP contribution in [-0.4, -0.2) is 0 Å². The Kier molecular flexibility index (Phi) is 63.1. The van der Waals surface area contributed by atoms with E-state index in [1.54, 1.807) is 0 Å². The van der Waals surface area contributed by atoms with Gasteiger partial charge in [-0.3, -0.25) is 0 Å². The SMILES string of the molecule is [Ce].[O]=[Pr].[Zr]. The fourth-order valence-electron chi connectivity index (χ4n) is 0. The predicted octanol–water partition coefficient (Wildman–Crippen LogP) is -0.121. The molecule has 0 atom stereocenters. The Hall–Kier alpha value is 3.42. The molecular weight excluding hydrogens is 388 g/mol. The first kappa shape index (κ1) is 15.7. The molecule has 0 spiro atoms. The van der Waals surface area contributed by atoms with Crippen LogP contribution >= 0.6 is 0 Å². The van der Waals surface area contributed by atoms with Gasteiger partial charge in [0.15, 0.2) is 0 Å². The summed E-state index contributed by atoms with van der Waals surface area (Å²) in [5.41, 5.74) is 0. The number of hydrogen-bond donors (Lipinski definition) is 0. The van der Waals surface area contributed by atoms with E-state index in [1.807, 2.05) is 0 Å². The van der Waals surface area contributed by atoms with Gasteiger partial charge in [0.2, 0.25) is 0 Å². The molecule has 0 saturated carbocycles. The summed E-state index contributed by atoms with van der Waals surface area (Å²) in [7, 11) is 0. The molecule has 0 saturated heterocycles. The van der Waals surface area contributed by atoms with E-state index in [2.05, 4.69) is 0 Å². The molecule has 17 valence electrons. The summed E-state index contributed by atoms with van der Waals surface area (Å²) >= 11 is -0.0833. The fourth-order valence-corrected chi connectivity index (χ4v) is 0. The van der Waals surface area contributed by atoms with E-state index in [4.69, 9.17) is 0.995 Å². The van der Waals surface area contributed by atoms with E-state index in [0.29, 0.717) is 0 Å². The predicted molar refractivity (Wildman–Crippen MR) is 0.686 cm³/mol. The van der Waals surface area contributed by atoms with Gasteiger partial charge >= 0.3 is 40.3 Å². The molecule has 0 aromatic carbocycles. The topological polar surface area (TPSA) is 17.1 Å².